The number of anilines is 6. The maximum atomic E-state index is 6.80. The third kappa shape index (κ3) is 8.36. The quantitative estimate of drug-likeness (QED) is 0.166. The van der Waals surface area contributed by atoms with E-state index in [4.69, 9.17) is 8.83 Å². The maximum Gasteiger partial charge on any atom is 0.139 e. The average Bonchev–Trinajstić information content (AvgIpc) is 4.10. The zero-order valence-corrected chi connectivity index (χ0v) is 47.2. The number of hydrogen-bond acceptors (Lipinski definition) is 4. The molecule has 13 rings (SSSR count). The van der Waals surface area contributed by atoms with Gasteiger partial charge < -0.3 is 18.6 Å². The second kappa shape index (κ2) is 17.6. The molecule has 0 aliphatic heterocycles. The van der Waals surface area contributed by atoms with Crippen molar-refractivity contribution in [1.29, 1.82) is 0 Å². The number of fused-ring (bicyclic) bond motifs is 10. The summed E-state index contributed by atoms with van der Waals surface area (Å²) in [5.41, 5.74) is 15.2. The van der Waals surface area contributed by atoms with Gasteiger partial charge in [0.05, 0.1) is 11.4 Å². The molecule has 11 aromatic carbocycles. The molecule has 0 aliphatic rings. The fourth-order valence-corrected chi connectivity index (χ4v) is 12.3. The van der Waals surface area contributed by atoms with Crippen LogP contribution in [0.3, 0.4) is 0 Å². The van der Waals surface area contributed by atoms with Gasteiger partial charge in [0.2, 0.25) is 0 Å². The summed E-state index contributed by atoms with van der Waals surface area (Å²) in [5, 5.41) is 13.9. The van der Waals surface area contributed by atoms with Gasteiger partial charge in [0.15, 0.2) is 0 Å². The molecule has 2 heterocycles. The second-order valence-electron chi connectivity index (χ2n) is 25.9. The van der Waals surface area contributed by atoms with Crippen molar-refractivity contribution in [2.75, 3.05) is 9.80 Å². The number of rotatable bonds is 6. The Balaban J connectivity index is 0.917. The van der Waals surface area contributed by atoms with E-state index < -0.39 is 0 Å². The number of furan rings is 2. The van der Waals surface area contributed by atoms with Crippen molar-refractivity contribution in [3.05, 3.63) is 216 Å². The SMILES string of the molecule is CC(C)(C)c1ccc(N(c2ccc3cc4c(cc3c2)oc2cc3oc5cc6cc(N(c7ccc(C(C)(C)C)cc7)c7ccc8ccccc8c7C(C)(C)C)ccc6cc5c3cc24)c2ccc3ccccc3c2C(C)(C)C)cc1. The van der Waals surface area contributed by atoms with Gasteiger partial charge in [0.25, 0.3) is 0 Å². The van der Waals surface area contributed by atoms with E-state index in [0.29, 0.717) is 0 Å². The summed E-state index contributed by atoms with van der Waals surface area (Å²) in [6.45, 7) is 27.6. The Kier molecular flexibility index (Phi) is 11.1. The van der Waals surface area contributed by atoms with E-state index in [-0.39, 0.29) is 21.7 Å². The first-order valence-electron chi connectivity index (χ1n) is 27.7. The maximum absolute atomic E-state index is 6.80. The normalized spacial score (nSPS) is 12.9. The zero-order chi connectivity index (χ0) is 54.2. The second-order valence-corrected chi connectivity index (χ2v) is 25.9. The Morgan fingerprint density at radius 2 is 0.603 bits per heavy atom. The molecule has 4 nitrogen and oxygen atoms in total. The first kappa shape index (κ1) is 49.2. The summed E-state index contributed by atoms with van der Waals surface area (Å²) >= 11 is 0. The highest BCUT2D eigenvalue weighted by Gasteiger charge is 2.29. The van der Waals surface area contributed by atoms with E-state index in [2.05, 4.69) is 287 Å². The van der Waals surface area contributed by atoms with Crippen molar-refractivity contribution in [3.8, 4) is 0 Å². The Hall–Kier alpha value is -8.34. The van der Waals surface area contributed by atoms with Gasteiger partial charge in [0, 0.05) is 50.4 Å². The summed E-state index contributed by atoms with van der Waals surface area (Å²) < 4.78 is 13.6. The molecule has 78 heavy (non-hydrogen) atoms. The smallest absolute Gasteiger partial charge is 0.139 e. The predicted molar refractivity (Wildman–Crippen MR) is 335 cm³/mol. The van der Waals surface area contributed by atoms with Gasteiger partial charge in [-0.25, -0.2) is 0 Å². The van der Waals surface area contributed by atoms with Crippen LogP contribution in [0.2, 0.25) is 0 Å². The molecule has 0 N–H and O–H groups in total. The van der Waals surface area contributed by atoms with Gasteiger partial charge in [-0.3, -0.25) is 0 Å². The molecule has 0 fully saturated rings. The van der Waals surface area contributed by atoms with Crippen LogP contribution in [0, 0.1) is 0 Å². The molecular formula is C74H68N2O2. The highest BCUT2D eigenvalue weighted by Crippen LogP contribution is 2.49. The monoisotopic (exact) mass is 1020 g/mol. The topological polar surface area (TPSA) is 32.8 Å². The fourth-order valence-electron chi connectivity index (χ4n) is 12.3. The molecule has 0 spiro atoms. The van der Waals surface area contributed by atoms with Gasteiger partial charge in [0.1, 0.15) is 22.3 Å². The lowest BCUT2D eigenvalue weighted by Gasteiger charge is -2.33. The third-order valence-corrected chi connectivity index (χ3v) is 16.2. The molecule has 13 aromatic rings. The molecular weight excluding hydrogens is 949 g/mol. The highest BCUT2D eigenvalue weighted by molar-refractivity contribution is 6.18. The molecule has 4 heteroatoms. The number of nitrogens with zero attached hydrogens (tertiary/aromatic N) is 2. The summed E-state index contributed by atoms with van der Waals surface area (Å²) in [7, 11) is 0. The zero-order valence-electron chi connectivity index (χ0n) is 47.2. The van der Waals surface area contributed by atoms with Gasteiger partial charge in [-0.05, 0) is 178 Å². The first-order valence-corrected chi connectivity index (χ1v) is 27.7. The van der Waals surface area contributed by atoms with E-state index in [9.17, 15) is 0 Å². The molecule has 0 bridgehead atoms. The average molecular weight is 1020 g/mol. The Bertz CT molecular complexity index is 4240. The van der Waals surface area contributed by atoms with Gasteiger partial charge >= 0.3 is 0 Å². The van der Waals surface area contributed by atoms with Crippen molar-refractivity contribution in [1.82, 2.24) is 0 Å². The lowest BCUT2D eigenvalue weighted by atomic mass is 9.81. The van der Waals surface area contributed by atoms with Crippen molar-refractivity contribution < 1.29 is 8.83 Å². The number of hydrogen-bond donors (Lipinski definition) is 0. The third-order valence-electron chi connectivity index (χ3n) is 16.2. The molecule has 0 radical (unpaired) electrons. The van der Waals surface area contributed by atoms with Gasteiger partial charge in [-0.15, -0.1) is 0 Å². The van der Waals surface area contributed by atoms with Crippen molar-refractivity contribution >= 4 is 121 Å². The van der Waals surface area contributed by atoms with Crippen molar-refractivity contribution in [2.24, 2.45) is 0 Å². The molecule has 0 saturated heterocycles. The molecule has 2 aromatic heterocycles. The van der Waals surface area contributed by atoms with Gasteiger partial charge in [-0.2, -0.15) is 0 Å². The van der Waals surface area contributed by atoms with Crippen LogP contribution in [0.1, 0.15) is 105 Å². The van der Waals surface area contributed by atoms with Crippen LogP contribution in [0.15, 0.2) is 203 Å². The molecule has 0 atom stereocenters. The van der Waals surface area contributed by atoms with E-state index in [1.54, 1.807) is 0 Å². The molecule has 386 valence electrons. The summed E-state index contributed by atoms with van der Waals surface area (Å²) in [5.74, 6) is 0. The predicted octanol–water partition coefficient (Wildman–Crippen LogP) is 22.2. The fraction of sp³-hybridized carbons (Fsp3) is 0.216. The van der Waals surface area contributed by atoms with Crippen LogP contribution in [0.5, 0.6) is 0 Å². The standard InChI is InChI=1S/C74H68N2O2/c1-71(2,3)51-25-31-53(32-26-51)75(63-35-23-45-17-13-15-19-57(45)69(63)73(7,8)9)55-29-21-47-39-59-61-43-62-60-40-48-22-30-56(38-50(48)42-66(60)78-68(62)44-67(61)77-65(59)41-49(47)37-55)76(54-33-27-52(28-34-54)72(4,5)6)64-36-24-46-18-14-16-20-58(46)70(64)74(10,11)12/h13-44H,1-12H3. The Labute approximate surface area is 458 Å². The minimum Gasteiger partial charge on any atom is -0.456 e. The van der Waals surface area contributed by atoms with Gasteiger partial charge in [-0.1, -0.05) is 180 Å². The van der Waals surface area contributed by atoms with Crippen molar-refractivity contribution in [2.45, 2.75) is 105 Å². The van der Waals surface area contributed by atoms with E-state index in [1.807, 2.05) is 0 Å². The Morgan fingerprint density at radius 1 is 0.256 bits per heavy atom. The number of benzene rings is 11. The van der Waals surface area contributed by atoms with Crippen LogP contribution in [-0.2, 0) is 21.7 Å². The first-order chi connectivity index (χ1) is 37.2. The van der Waals surface area contributed by atoms with Crippen LogP contribution in [0.25, 0.3) is 87.0 Å². The minimum absolute atomic E-state index is 0.0405. The minimum atomic E-state index is -0.129. The van der Waals surface area contributed by atoms with E-state index in [1.165, 1.54) is 55.2 Å². The summed E-state index contributed by atoms with van der Waals surface area (Å²) in [4.78, 5) is 4.89. The van der Waals surface area contributed by atoms with E-state index in [0.717, 1.165) is 88.2 Å². The molecule has 0 unspecified atom stereocenters. The summed E-state index contributed by atoms with van der Waals surface area (Å²) in [6, 6.07) is 72.1. The highest BCUT2D eigenvalue weighted by atomic mass is 16.3. The largest absolute Gasteiger partial charge is 0.456 e. The van der Waals surface area contributed by atoms with Crippen LogP contribution in [0.4, 0.5) is 34.1 Å². The lowest BCUT2D eigenvalue weighted by molar-refractivity contribution is 0.590. The molecule has 0 aliphatic carbocycles. The molecule has 0 saturated carbocycles. The van der Waals surface area contributed by atoms with Crippen LogP contribution in [-0.4, -0.2) is 0 Å². The van der Waals surface area contributed by atoms with Crippen molar-refractivity contribution in [3.63, 3.8) is 0 Å². The van der Waals surface area contributed by atoms with E-state index >= 15 is 0 Å². The van der Waals surface area contributed by atoms with Crippen LogP contribution >= 0.6 is 0 Å². The Morgan fingerprint density at radius 3 is 0.987 bits per heavy atom. The summed E-state index contributed by atoms with van der Waals surface area (Å²) in [6.07, 6.45) is 0. The van der Waals surface area contributed by atoms with Crippen LogP contribution < -0.4 is 9.80 Å². The molecule has 0 amide bonds. The lowest BCUT2D eigenvalue weighted by Crippen LogP contribution is -2.20.